The molecule has 2 heterocycles. The first-order chi connectivity index (χ1) is 14.6. The highest BCUT2D eigenvalue weighted by molar-refractivity contribution is 7.08. The molecule has 2 N–H and O–H groups in total. The number of amides is 1. The Bertz CT molecular complexity index is 1210. The van der Waals surface area contributed by atoms with Crippen LogP contribution in [0, 0.1) is 23.3 Å². The Morgan fingerprint density at radius 3 is 2.19 bits per heavy atom. The molecule has 0 aliphatic carbocycles. The Kier molecular flexibility index (Phi) is 4.88. The van der Waals surface area contributed by atoms with Crippen LogP contribution in [0.4, 0.5) is 23.2 Å². The van der Waals surface area contributed by atoms with Crippen molar-refractivity contribution in [3.05, 3.63) is 87.6 Å². The van der Waals surface area contributed by atoms with E-state index in [-0.39, 0.29) is 17.0 Å². The van der Waals surface area contributed by atoms with Gasteiger partial charge in [0.25, 0.3) is 0 Å². The number of hydrogen-bond acceptors (Lipinski definition) is 4. The monoisotopic (exact) mass is 447 g/mol. The summed E-state index contributed by atoms with van der Waals surface area (Å²) in [6.45, 7) is 3.11. The number of thiophene rings is 1. The van der Waals surface area contributed by atoms with E-state index in [1.54, 1.807) is 23.8 Å². The molecule has 0 saturated carbocycles. The maximum absolute atomic E-state index is 14.8. The number of benzene rings is 2. The average molecular weight is 447 g/mol. The van der Waals surface area contributed by atoms with Gasteiger partial charge in [-0.05, 0) is 60.5 Å². The summed E-state index contributed by atoms with van der Waals surface area (Å²) in [5.41, 5.74) is 3.15. The van der Waals surface area contributed by atoms with Crippen molar-refractivity contribution in [1.82, 2.24) is 0 Å². The van der Waals surface area contributed by atoms with E-state index in [4.69, 9.17) is 5.73 Å². The summed E-state index contributed by atoms with van der Waals surface area (Å²) < 4.78 is 56.7. The van der Waals surface area contributed by atoms with Crippen LogP contribution in [0.25, 0.3) is 0 Å². The molecule has 2 aromatic carbocycles. The SMILES string of the molecule is CC1(c2ccsc2)C(c2ccc(F)cc2F)=NN(c2ccc(F)cc2F)C1(C)C(N)=O. The van der Waals surface area contributed by atoms with Crippen LogP contribution in [0.2, 0.25) is 0 Å². The van der Waals surface area contributed by atoms with E-state index in [0.29, 0.717) is 17.7 Å². The molecule has 31 heavy (non-hydrogen) atoms. The molecule has 2 atom stereocenters. The molecular formula is C22H17F4N3OS. The van der Waals surface area contributed by atoms with Crippen LogP contribution >= 0.6 is 11.3 Å². The maximum Gasteiger partial charge on any atom is 0.246 e. The van der Waals surface area contributed by atoms with Crippen molar-refractivity contribution in [2.75, 3.05) is 5.01 Å². The van der Waals surface area contributed by atoms with E-state index in [2.05, 4.69) is 5.10 Å². The summed E-state index contributed by atoms with van der Waals surface area (Å²) in [4.78, 5) is 12.9. The fourth-order valence-corrected chi connectivity index (χ4v) is 4.78. The lowest BCUT2D eigenvalue weighted by Gasteiger charge is -2.43. The van der Waals surface area contributed by atoms with Crippen molar-refractivity contribution >= 4 is 28.6 Å². The molecule has 3 aromatic rings. The van der Waals surface area contributed by atoms with Gasteiger partial charge in [0.15, 0.2) is 11.4 Å². The average Bonchev–Trinajstić information content (AvgIpc) is 3.31. The minimum Gasteiger partial charge on any atom is -0.368 e. The molecule has 0 saturated heterocycles. The zero-order chi connectivity index (χ0) is 22.6. The third kappa shape index (κ3) is 2.95. The minimum atomic E-state index is -1.71. The molecule has 0 spiro atoms. The first kappa shape index (κ1) is 21.0. The van der Waals surface area contributed by atoms with E-state index in [0.717, 1.165) is 23.2 Å². The van der Waals surface area contributed by atoms with E-state index in [9.17, 15) is 22.4 Å². The van der Waals surface area contributed by atoms with Crippen LogP contribution in [0.5, 0.6) is 0 Å². The van der Waals surface area contributed by atoms with Crippen molar-refractivity contribution in [3.8, 4) is 0 Å². The lowest BCUT2D eigenvalue weighted by atomic mass is 9.63. The Morgan fingerprint density at radius 1 is 1.00 bits per heavy atom. The van der Waals surface area contributed by atoms with Crippen LogP contribution in [0.1, 0.15) is 25.0 Å². The highest BCUT2D eigenvalue weighted by atomic mass is 32.1. The normalized spacial score (nSPS) is 23.2. The van der Waals surface area contributed by atoms with Crippen molar-refractivity contribution < 1.29 is 22.4 Å². The zero-order valence-corrected chi connectivity index (χ0v) is 17.3. The number of hydrazone groups is 1. The molecule has 9 heteroatoms. The molecule has 1 aliphatic heterocycles. The largest absolute Gasteiger partial charge is 0.368 e. The maximum atomic E-state index is 14.8. The fraction of sp³-hybridized carbons (Fsp3) is 0.182. The summed E-state index contributed by atoms with van der Waals surface area (Å²) in [6, 6.07) is 7.52. The molecular weight excluding hydrogens is 430 g/mol. The number of anilines is 1. The first-order valence-electron chi connectivity index (χ1n) is 9.23. The van der Waals surface area contributed by atoms with E-state index in [1.807, 2.05) is 0 Å². The third-order valence-corrected chi connectivity index (χ3v) is 6.66. The van der Waals surface area contributed by atoms with E-state index < -0.39 is 40.1 Å². The summed E-state index contributed by atoms with van der Waals surface area (Å²) >= 11 is 1.34. The van der Waals surface area contributed by atoms with Gasteiger partial charge >= 0.3 is 0 Å². The molecule has 4 nitrogen and oxygen atoms in total. The van der Waals surface area contributed by atoms with E-state index >= 15 is 0 Å². The standard InChI is InChI=1S/C22H17F4N3OS/c1-21(12-7-8-31-11-12)19(15-5-3-13(23)9-16(15)25)28-29(22(21,2)20(27)30)18-6-4-14(24)10-17(18)26/h3-11H,1-2H3,(H2,27,30). The number of rotatable bonds is 4. The van der Waals surface area contributed by atoms with Crippen molar-refractivity contribution in [1.29, 1.82) is 0 Å². The van der Waals surface area contributed by atoms with Gasteiger partial charge in [-0.2, -0.15) is 16.4 Å². The topological polar surface area (TPSA) is 58.7 Å². The van der Waals surface area contributed by atoms with Crippen molar-refractivity contribution in [2.24, 2.45) is 10.8 Å². The number of carbonyl (C=O) groups is 1. The summed E-state index contributed by atoms with van der Waals surface area (Å²) in [5.74, 6) is -4.31. The number of primary amides is 1. The van der Waals surface area contributed by atoms with Crippen LogP contribution < -0.4 is 10.7 Å². The van der Waals surface area contributed by atoms with Gasteiger partial charge < -0.3 is 5.73 Å². The van der Waals surface area contributed by atoms with Crippen molar-refractivity contribution in [3.63, 3.8) is 0 Å². The van der Waals surface area contributed by atoms with Gasteiger partial charge in [0.1, 0.15) is 17.5 Å². The fourth-order valence-electron chi connectivity index (χ4n) is 4.01. The predicted octanol–water partition coefficient (Wildman–Crippen LogP) is 4.73. The predicted molar refractivity (Wildman–Crippen MR) is 111 cm³/mol. The number of hydrogen-bond donors (Lipinski definition) is 1. The quantitative estimate of drug-likeness (QED) is 0.588. The van der Waals surface area contributed by atoms with Gasteiger partial charge in [-0.25, -0.2) is 22.6 Å². The van der Waals surface area contributed by atoms with Gasteiger partial charge in [0.05, 0.1) is 16.8 Å². The van der Waals surface area contributed by atoms with Crippen molar-refractivity contribution in [2.45, 2.75) is 24.8 Å². The Labute approximate surface area is 179 Å². The zero-order valence-electron chi connectivity index (χ0n) is 16.5. The summed E-state index contributed by atoms with van der Waals surface area (Å²) in [5, 5.41) is 9.00. The van der Waals surface area contributed by atoms with Gasteiger partial charge in [-0.15, -0.1) is 0 Å². The smallest absolute Gasteiger partial charge is 0.246 e. The molecule has 0 radical (unpaired) electrons. The minimum absolute atomic E-state index is 0.0624. The molecule has 1 amide bonds. The first-order valence-corrected chi connectivity index (χ1v) is 10.2. The van der Waals surface area contributed by atoms with Gasteiger partial charge in [-0.1, -0.05) is 0 Å². The lowest BCUT2D eigenvalue weighted by molar-refractivity contribution is -0.123. The van der Waals surface area contributed by atoms with Gasteiger partial charge in [-0.3, -0.25) is 4.79 Å². The highest BCUT2D eigenvalue weighted by Gasteiger charge is 2.62. The van der Waals surface area contributed by atoms with Crippen LogP contribution in [-0.4, -0.2) is 17.2 Å². The summed E-state index contributed by atoms with van der Waals surface area (Å²) in [6.07, 6.45) is 0. The number of halogens is 4. The highest BCUT2D eigenvalue weighted by Crippen LogP contribution is 2.50. The molecule has 160 valence electrons. The molecule has 0 fully saturated rings. The van der Waals surface area contributed by atoms with Gasteiger partial charge in [0.2, 0.25) is 5.91 Å². The second-order valence-electron chi connectivity index (χ2n) is 7.55. The molecule has 0 bridgehead atoms. The Morgan fingerprint density at radius 2 is 1.65 bits per heavy atom. The Hall–Kier alpha value is -3.20. The van der Waals surface area contributed by atoms with Gasteiger partial charge in [0, 0.05) is 17.7 Å². The number of carbonyl (C=O) groups excluding carboxylic acids is 1. The molecule has 1 aromatic heterocycles. The summed E-state index contributed by atoms with van der Waals surface area (Å²) in [7, 11) is 0. The number of nitrogens with two attached hydrogens (primary N) is 1. The van der Waals surface area contributed by atoms with Crippen LogP contribution in [-0.2, 0) is 10.2 Å². The van der Waals surface area contributed by atoms with E-state index in [1.165, 1.54) is 24.3 Å². The molecule has 2 unspecified atom stereocenters. The third-order valence-electron chi connectivity index (χ3n) is 5.97. The number of nitrogens with zero attached hydrogens (tertiary/aromatic N) is 2. The molecule has 4 rings (SSSR count). The second-order valence-corrected chi connectivity index (χ2v) is 8.33. The van der Waals surface area contributed by atoms with Crippen LogP contribution in [0.15, 0.2) is 58.3 Å². The lowest BCUT2D eigenvalue weighted by Crippen LogP contribution is -2.63. The van der Waals surface area contributed by atoms with Crippen LogP contribution in [0.3, 0.4) is 0 Å². The second kappa shape index (κ2) is 7.19. The Balaban J connectivity index is 2.06. The molecule has 1 aliphatic rings.